The normalized spacial score (nSPS) is 15.1. The number of halogens is 3. The van der Waals surface area contributed by atoms with E-state index in [9.17, 15) is 18.0 Å². The van der Waals surface area contributed by atoms with Crippen molar-refractivity contribution in [1.29, 1.82) is 0 Å². The molecule has 8 heteroatoms. The topological polar surface area (TPSA) is 45.2 Å². The van der Waals surface area contributed by atoms with Crippen molar-refractivity contribution in [2.75, 3.05) is 0 Å². The fourth-order valence-electron chi connectivity index (χ4n) is 4.83. The van der Waals surface area contributed by atoms with Crippen LogP contribution in [0, 0.1) is 0 Å². The van der Waals surface area contributed by atoms with Crippen molar-refractivity contribution in [3.8, 4) is 0 Å². The molecule has 1 aliphatic rings. The van der Waals surface area contributed by atoms with Crippen molar-refractivity contribution in [2.45, 2.75) is 90.1 Å². The Hall–Kier alpha value is -2.71. The number of nitrogens with zero attached hydrogens (tertiary/aromatic N) is 2. The van der Waals surface area contributed by atoms with Crippen LogP contribution < -0.4 is 5.32 Å². The monoisotopic (exact) mass is 543 g/mol. The molecule has 1 fully saturated rings. The molecule has 1 heterocycles. The quantitative estimate of drug-likeness (QED) is 0.316. The summed E-state index contributed by atoms with van der Waals surface area (Å²) in [5, 5.41) is 5.64. The summed E-state index contributed by atoms with van der Waals surface area (Å²) in [5.74, 6) is -0.151. The molecule has 1 aromatic heterocycles. The molecule has 1 amide bonds. The molecule has 1 N–H and O–H groups in total. The molecule has 1 aliphatic carbocycles. The average molecular weight is 544 g/mol. The lowest BCUT2D eigenvalue weighted by Gasteiger charge is -2.23. The Morgan fingerprint density at radius 1 is 0.947 bits per heavy atom. The van der Waals surface area contributed by atoms with E-state index in [0.29, 0.717) is 30.9 Å². The van der Waals surface area contributed by atoms with Gasteiger partial charge in [0.2, 0.25) is 0 Å². The van der Waals surface area contributed by atoms with Crippen molar-refractivity contribution < 1.29 is 18.0 Å². The molecule has 4 rings (SSSR count). The molecule has 0 aliphatic heterocycles. The molecular weight excluding hydrogens is 507 g/mol. The van der Waals surface area contributed by atoms with Gasteiger partial charge in [-0.25, -0.2) is 4.98 Å². The molecule has 0 saturated heterocycles. The largest absolute Gasteiger partial charge is 0.416 e. The van der Waals surface area contributed by atoms with Crippen molar-refractivity contribution in [3.05, 3.63) is 86.9 Å². The fourth-order valence-corrected chi connectivity index (χ4v) is 5.64. The Balaban J connectivity index is 1.50. The maximum atomic E-state index is 13.3. The van der Waals surface area contributed by atoms with E-state index in [4.69, 9.17) is 0 Å². The van der Waals surface area contributed by atoms with Crippen molar-refractivity contribution >= 4 is 17.2 Å². The minimum Gasteiger partial charge on any atom is -0.348 e. The highest BCUT2D eigenvalue weighted by Crippen LogP contribution is 2.30. The van der Waals surface area contributed by atoms with Crippen molar-refractivity contribution in [2.24, 2.45) is 0 Å². The Morgan fingerprint density at radius 2 is 1.63 bits per heavy atom. The van der Waals surface area contributed by atoms with Crippen LogP contribution >= 0.6 is 11.3 Å². The van der Waals surface area contributed by atoms with E-state index in [1.807, 2.05) is 0 Å². The second-order valence-electron chi connectivity index (χ2n) is 11.2. The van der Waals surface area contributed by atoms with Gasteiger partial charge in [0.1, 0.15) is 10.7 Å². The van der Waals surface area contributed by atoms with Crippen LogP contribution in [0.5, 0.6) is 0 Å². The molecule has 204 valence electrons. The van der Waals surface area contributed by atoms with Crippen LogP contribution in [0.15, 0.2) is 53.9 Å². The second-order valence-corrected chi connectivity index (χ2v) is 12.2. The molecule has 0 atom stereocenters. The summed E-state index contributed by atoms with van der Waals surface area (Å²) in [4.78, 5) is 19.4. The highest BCUT2D eigenvalue weighted by atomic mass is 32.1. The van der Waals surface area contributed by atoms with E-state index in [1.165, 1.54) is 35.5 Å². The van der Waals surface area contributed by atoms with Gasteiger partial charge >= 0.3 is 6.18 Å². The molecule has 1 saturated carbocycles. The summed E-state index contributed by atoms with van der Waals surface area (Å²) in [7, 11) is 0. The van der Waals surface area contributed by atoms with Crippen molar-refractivity contribution in [1.82, 2.24) is 15.2 Å². The standard InChI is InChI=1S/C30H36F3N3OS/c1-29(2,3)23-14-12-21(13-15-23)17-36(18-22-8-7-9-24(16-22)30(31,32)33)19-27-35-26(20-38-27)28(37)34-25-10-5-4-6-11-25/h7-9,12-16,20,25H,4-6,10-11,17-19H2,1-3H3,(H,34,37). The van der Waals surface area contributed by atoms with Gasteiger partial charge in [0.15, 0.2) is 0 Å². The third-order valence-corrected chi connectivity index (χ3v) is 7.80. The molecule has 0 unspecified atom stereocenters. The number of rotatable bonds is 8. The minimum absolute atomic E-state index is 0.0335. The predicted molar refractivity (Wildman–Crippen MR) is 146 cm³/mol. The van der Waals surface area contributed by atoms with Crippen LogP contribution in [-0.2, 0) is 31.2 Å². The SMILES string of the molecule is CC(C)(C)c1ccc(CN(Cc2cccc(C(F)(F)F)c2)Cc2nc(C(=O)NC3CCCCC3)cs2)cc1. The number of nitrogens with one attached hydrogen (secondary N) is 1. The van der Waals surface area contributed by atoms with Gasteiger partial charge in [0.05, 0.1) is 12.1 Å². The van der Waals surface area contributed by atoms with Gasteiger partial charge in [-0.15, -0.1) is 11.3 Å². The van der Waals surface area contributed by atoms with E-state index in [0.717, 1.165) is 42.3 Å². The molecule has 0 spiro atoms. The summed E-state index contributed by atoms with van der Waals surface area (Å²) in [5.41, 5.74) is 2.66. The zero-order valence-corrected chi connectivity index (χ0v) is 23.1. The molecule has 2 aromatic carbocycles. The Kier molecular flexibility index (Phi) is 8.93. The molecule has 0 bridgehead atoms. The van der Waals surface area contributed by atoms with E-state index in [1.54, 1.807) is 11.4 Å². The van der Waals surface area contributed by atoms with Crippen LogP contribution in [0.3, 0.4) is 0 Å². The second kappa shape index (κ2) is 12.0. The lowest BCUT2D eigenvalue weighted by molar-refractivity contribution is -0.137. The maximum Gasteiger partial charge on any atom is 0.416 e. The Labute approximate surface area is 227 Å². The number of hydrogen-bond acceptors (Lipinski definition) is 4. The van der Waals surface area contributed by atoms with E-state index >= 15 is 0 Å². The first-order chi connectivity index (χ1) is 18.0. The number of carbonyl (C=O) groups excluding carboxylic acids is 1. The van der Waals surface area contributed by atoms with Gasteiger partial charge in [-0.1, -0.05) is 82.5 Å². The summed E-state index contributed by atoms with van der Waals surface area (Å²) in [6.45, 7) is 7.78. The number of amides is 1. The number of aromatic nitrogens is 1. The summed E-state index contributed by atoms with van der Waals surface area (Å²) < 4.78 is 40.0. The number of benzene rings is 2. The Bertz CT molecular complexity index is 1210. The first kappa shape index (κ1) is 28.3. The third kappa shape index (κ3) is 7.90. The smallest absolute Gasteiger partial charge is 0.348 e. The van der Waals surface area contributed by atoms with Crippen LogP contribution in [0.2, 0.25) is 0 Å². The molecule has 4 nitrogen and oxygen atoms in total. The lowest BCUT2D eigenvalue weighted by atomic mass is 9.87. The first-order valence-electron chi connectivity index (χ1n) is 13.2. The molecule has 3 aromatic rings. The molecule has 0 radical (unpaired) electrons. The van der Waals surface area contributed by atoms with Gasteiger partial charge in [0, 0.05) is 24.5 Å². The van der Waals surface area contributed by atoms with E-state index in [-0.39, 0.29) is 17.4 Å². The lowest BCUT2D eigenvalue weighted by Crippen LogP contribution is -2.36. The van der Waals surface area contributed by atoms with Crippen molar-refractivity contribution in [3.63, 3.8) is 0 Å². The number of thiazole rings is 1. The van der Waals surface area contributed by atoms with Gasteiger partial charge < -0.3 is 5.32 Å². The highest BCUT2D eigenvalue weighted by molar-refractivity contribution is 7.09. The molecule has 38 heavy (non-hydrogen) atoms. The predicted octanol–water partition coefficient (Wildman–Crippen LogP) is 7.72. The van der Waals surface area contributed by atoms with Crippen LogP contribution in [-0.4, -0.2) is 21.8 Å². The summed E-state index contributed by atoms with van der Waals surface area (Å²) >= 11 is 1.41. The first-order valence-corrected chi connectivity index (χ1v) is 14.1. The number of alkyl halides is 3. The van der Waals surface area contributed by atoms with Crippen LogP contribution in [0.25, 0.3) is 0 Å². The van der Waals surface area contributed by atoms with Gasteiger partial charge in [-0.3, -0.25) is 9.69 Å². The Morgan fingerprint density at radius 3 is 2.29 bits per heavy atom. The van der Waals surface area contributed by atoms with Gasteiger partial charge in [-0.05, 0) is 41.0 Å². The zero-order valence-electron chi connectivity index (χ0n) is 22.3. The average Bonchev–Trinajstić information content (AvgIpc) is 3.33. The highest BCUT2D eigenvalue weighted by Gasteiger charge is 2.30. The van der Waals surface area contributed by atoms with Gasteiger partial charge in [-0.2, -0.15) is 13.2 Å². The number of carbonyl (C=O) groups is 1. The molecular formula is C30H36F3N3OS. The minimum atomic E-state index is -4.39. The summed E-state index contributed by atoms with van der Waals surface area (Å²) in [6, 6.07) is 14.0. The van der Waals surface area contributed by atoms with Crippen LogP contribution in [0.4, 0.5) is 13.2 Å². The van der Waals surface area contributed by atoms with Crippen LogP contribution in [0.1, 0.15) is 90.6 Å². The summed E-state index contributed by atoms with van der Waals surface area (Å²) in [6.07, 6.45) is 1.10. The maximum absolute atomic E-state index is 13.3. The van der Waals surface area contributed by atoms with E-state index < -0.39 is 11.7 Å². The fraction of sp³-hybridized carbons (Fsp3) is 0.467. The third-order valence-electron chi connectivity index (χ3n) is 6.97. The number of hydrogen-bond donors (Lipinski definition) is 1. The van der Waals surface area contributed by atoms with E-state index in [2.05, 4.69) is 60.2 Å². The zero-order chi connectivity index (χ0) is 27.3. The van der Waals surface area contributed by atoms with Gasteiger partial charge in [0.25, 0.3) is 5.91 Å².